The van der Waals surface area contributed by atoms with Gasteiger partial charge in [0.15, 0.2) is 0 Å². The monoisotopic (exact) mass is 341 g/mol. The van der Waals surface area contributed by atoms with Gasteiger partial charge in [0.1, 0.15) is 17.3 Å². The summed E-state index contributed by atoms with van der Waals surface area (Å²) in [6.45, 7) is 3.03. The van der Waals surface area contributed by atoms with Crippen molar-refractivity contribution in [2.45, 2.75) is 18.7 Å². The number of anilines is 1. The Hall–Kier alpha value is -2.48. The van der Waals surface area contributed by atoms with Gasteiger partial charge in [-0.3, -0.25) is 4.72 Å². The molecular weight excluding hydrogens is 328 g/mol. The molecule has 0 saturated heterocycles. The summed E-state index contributed by atoms with van der Waals surface area (Å²) in [6, 6.07) is 5.19. The highest BCUT2D eigenvalue weighted by atomic mass is 32.2. The summed E-state index contributed by atoms with van der Waals surface area (Å²) in [5, 5.41) is 9.03. The van der Waals surface area contributed by atoms with Gasteiger partial charge in [-0.1, -0.05) is 6.07 Å². The summed E-state index contributed by atoms with van der Waals surface area (Å²) in [5.74, 6) is -3.45. The van der Waals surface area contributed by atoms with Crippen LogP contribution in [0.2, 0.25) is 0 Å². The van der Waals surface area contributed by atoms with E-state index in [1.807, 2.05) is 4.72 Å². The second-order valence-corrected chi connectivity index (χ2v) is 6.57. The second kappa shape index (κ2) is 5.96. The molecule has 2 aromatic rings. The highest BCUT2D eigenvalue weighted by molar-refractivity contribution is 7.92. The summed E-state index contributed by atoms with van der Waals surface area (Å²) < 4.78 is 53.9. The van der Waals surface area contributed by atoms with Crippen molar-refractivity contribution in [1.29, 1.82) is 0 Å². The zero-order valence-electron chi connectivity index (χ0n) is 12.2. The maximum Gasteiger partial charge on any atom is 0.335 e. The van der Waals surface area contributed by atoms with Crippen LogP contribution >= 0.6 is 0 Å². The van der Waals surface area contributed by atoms with Crippen LogP contribution in [0, 0.1) is 25.5 Å². The van der Waals surface area contributed by atoms with E-state index in [2.05, 4.69) is 0 Å². The minimum Gasteiger partial charge on any atom is -0.478 e. The molecule has 0 radical (unpaired) electrons. The number of hydrogen-bond acceptors (Lipinski definition) is 3. The van der Waals surface area contributed by atoms with Crippen LogP contribution < -0.4 is 4.72 Å². The molecule has 0 unspecified atom stereocenters. The van der Waals surface area contributed by atoms with E-state index in [0.29, 0.717) is 11.1 Å². The number of hydrogen-bond donors (Lipinski definition) is 2. The molecule has 0 aliphatic carbocycles. The largest absolute Gasteiger partial charge is 0.478 e. The van der Waals surface area contributed by atoms with Crippen LogP contribution in [0.3, 0.4) is 0 Å². The highest BCUT2D eigenvalue weighted by Crippen LogP contribution is 2.26. The van der Waals surface area contributed by atoms with Gasteiger partial charge in [-0.15, -0.1) is 0 Å². The molecule has 8 heteroatoms. The number of nitrogens with one attached hydrogen (secondary N) is 1. The molecule has 122 valence electrons. The van der Waals surface area contributed by atoms with E-state index < -0.39 is 33.3 Å². The van der Waals surface area contributed by atoms with E-state index >= 15 is 0 Å². The van der Waals surface area contributed by atoms with Crippen molar-refractivity contribution in [2.24, 2.45) is 0 Å². The Morgan fingerprint density at radius 1 is 1.13 bits per heavy atom. The number of rotatable bonds is 4. The Bertz CT molecular complexity index is 874. The van der Waals surface area contributed by atoms with E-state index in [-0.39, 0.29) is 10.5 Å². The van der Waals surface area contributed by atoms with Gasteiger partial charge in [-0.05, 0) is 49.2 Å². The number of carbonyl (C=O) groups is 1. The third kappa shape index (κ3) is 3.31. The molecule has 0 heterocycles. The standard InChI is InChI=1S/C15H13F2NO4S/c1-8-6-10(15(19)20)7-13(9(8)2)23(21,22)18-14-11(16)4-3-5-12(14)17/h3-7,18H,1-2H3,(H,19,20). The fraction of sp³-hybridized carbons (Fsp3) is 0.133. The Morgan fingerprint density at radius 3 is 2.22 bits per heavy atom. The third-order valence-electron chi connectivity index (χ3n) is 3.36. The maximum absolute atomic E-state index is 13.6. The number of carboxylic acid groups (broad SMARTS) is 1. The zero-order chi connectivity index (χ0) is 17.4. The quantitative estimate of drug-likeness (QED) is 0.895. The summed E-state index contributed by atoms with van der Waals surface area (Å²) in [5.41, 5.74) is -0.328. The first-order chi connectivity index (χ1) is 10.6. The molecule has 0 bridgehead atoms. The van der Waals surface area contributed by atoms with Crippen LogP contribution in [-0.2, 0) is 10.0 Å². The van der Waals surface area contributed by atoms with E-state index in [0.717, 1.165) is 24.3 Å². The minimum absolute atomic E-state index is 0.234. The number of aryl methyl sites for hydroxylation is 1. The van der Waals surface area contributed by atoms with Crippen molar-refractivity contribution in [3.8, 4) is 0 Å². The highest BCUT2D eigenvalue weighted by Gasteiger charge is 2.23. The Balaban J connectivity index is 2.59. The Labute approximate surface area is 131 Å². The predicted molar refractivity (Wildman–Crippen MR) is 80.0 cm³/mol. The SMILES string of the molecule is Cc1cc(C(=O)O)cc(S(=O)(=O)Nc2c(F)cccc2F)c1C. The molecular formula is C15H13F2NO4S. The summed E-state index contributed by atoms with van der Waals surface area (Å²) in [6.07, 6.45) is 0. The van der Waals surface area contributed by atoms with Gasteiger partial charge in [0.2, 0.25) is 0 Å². The van der Waals surface area contributed by atoms with Crippen LogP contribution in [0.5, 0.6) is 0 Å². The fourth-order valence-corrected chi connectivity index (χ4v) is 3.43. The molecule has 23 heavy (non-hydrogen) atoms. The molecule has 0 amide bonds. The first kappa shape index (κ1) is 16.9. The smallest absolute Gasteiger partial charge is 0.335 e. The molecule has 0 fully saturated rings. The number of aromatic carboxylic acids is 1. The lowest BCUT2D eigenvalue weighted by molar-refractivity contribution is 0.0696. The van der Waals surface area contributed by atoms with Gasteiger partial charge < -0.3 is 5.11 Å². The van der Waals surface area contributed by atoms with E-state index in [4.69, 9.17) is 5.11 Å². The van der Waals surface area contributed by atoms with Gasteiger partial charge in [0.25, 0.3) is 10.0 Å². The van der Waals surface area contributed by atoms with Gasteiger partial charge in [0, 0.05) is 0 Å². The van der Waals surface area contributed by atoms with E-state index in [1.165, 1.54) is 13.0 Å². The first-order valence-corrected chi connectivity index (χ1v) is 7.93. The van der Waals surface area contributed by atoms with Crippen LogP contribution in [0.1, 0.15) is 21.5 Å². The van der Waals surface area contributed by atoms with Crippen molar-refractivity contribution in [2.75, 3.05) is 4.72 Å². The van der Waals surface area contributed by atoms with E-state index in [9.17, 15) is 22.0 Å². The molecule has 0 spiro atoms. The average Bonchev–Trinajstić information content (AvgIpc) is 2.45. The summed E-state index contributed by atoms with van der Waals surface area (Å²) >= 11 is 0. The molecule has 2 aromatic carbocycles. The topological polar surface area (TPSA) is 83.5 Å². The first-order valence-electron chi connectivity index (χ1n) is 6.45. The van der Waals surface area contributed by atoms with Crippen LogP contribution in [0.4, 0.5) is 14.5 Å². The molecule has 0 aliphatic heterocycles. The van der Waals surface area contributed by atoms with Crippen molar-refractivity contribution in [3.63, 3.8) is 0 Å². The lowest BCUT2D eigenvalue weighted by atomic mass is 10.1. The van der Waals surface area contributed by atoms with Crippen molar-refractivity contribution < 1.29 is 27.1 Å². The lowest BCUT2D eigenvalue weighted by Gasteiger charge is -2.14. The number of benzene rings is 2. The van der Waals surface area contributed by atoms with Gasteiger partial charge >= 0.3 is 5.97 Å². The van der Waals surface area contributed by atoms with Crippen molar-refractivity contribution in [1.82, 2.24) is 0 Å². The van der Waals surface area contributed by atoms with Gasteiger partial charge in [-0.25, -0.2) is 22.0 Å². The Morgan fingerprint density at radius 2 is 1.70 bits per heavy atom. The number of para-hydroxylation sites is 1. The maximum atomic E-state index is 13.6. The number of halogens is 2. The molecule has 0 atom stereocenters. The second-order valence-electron chi connectivity index (χ2n) is 4.92. The van der Waals surface area contributed by atoms with Gasteiger partial charge in [0.05, 0.1) is 10.5 Å². The van der Waals surface area contributed by atoms with Gasteiger partial charge in [-0.2, -0.15) is 0 Å². The fourth-order valence-electron chi connectivity index (χ4n) is 2.01. The van der Waals surface area contributed by atoms with Crippen LogP contribution in [0.15, 0.2) is 35.2 Å². The van der Waals surface area contributed by atoms with E-state index in [1.54, 1.807) is 6.92 Å². The third-order valence-corrected chi connectivity index (χ3v) is 4.83. The predicted octanol–water partition coefficient (Wildman–Crippen LogP) is 3.08. The molecule has 5 nitrogen and oxygen atoms in total. The number of sulfonamides is 1. The molecule has 2 N–H and O–H groups in total. The summed E-state index contributed by atoms with van der Waals surface area (Å²) in [7, 11) is -4.36. The zero-order valence-corrected chi connectivity index (χ0v) is 13.0. The molecule has 0 aromatic heterocycles. The molecule has 0 saturated carbocycles. The van der Waals surface area contributed by atoms with Crippen LogP contribution in [-0.4, -0.2) is 19.5 Å². The minimum atomic E-state index is -4.36. The lowest BCUT2D eigenvalue weighted by Crippen LogP contribution is -2.17. The molecule has 2 rings (SSSR count). The Kier molecular flexibility index (Phi) is 4.37. The number of carboxylic acids is 1. The average molecular weight is 341 g/mol. The van der Waals surface area contributed by atoms with Crippen molar-refractivity contribution in [3.05, 3.63) is 58.7 Å². The molecule has 0 aliphatic rings. The normalized spacial score (nSPS) is 11.3. The summed E-state index contributed by atoms with van der Waals surface area (Å²) in [4.78, 5) is 10.7. The van der Waals surface area contributed by atoms with Crippen molar-refractivity contribution >= 4 is 21.7 Å². The van der Waals surface area contributed by atoms with Crippen LogP contribution in [0.25, 0.3) is 0 Å².